The lowest BCUT2D eigenvalue weighted by atomic mass is 10.2. The van der Waals surface area contributed by atoms with Gasteiger partial charge in [-0.1, -0.05) is 15.9 Å². The molecule has 3 rings (SSSR count). The lowest BCUT2D eigenvalue weighted by Gasteiger charge is -2.09. The molecule has 2 N–H and O–H groups in total. The van der Waals surface area contributed by atoms with Crippen molar-refractivity contribution in [3.63, 3.8) is 0 Å². The van der Waals surface area contributed by atoms with Crippen LogP contribution in [-0.4, -0.2) is 9.97 Å². The summed E-state index contributed by atoms with van der Waals surface area (Å²) in [6.45, 7) is 4.76. The van der Waals surface area contributed by atoms with Crippen molar-refractivity contribution < 1.29 is 4.42 Å². The van der Waals surface area contributed by atoms with E-state index in [0.717, 1.165) is 32.7 Å². The molecule has 0 spiro atoms. The highest BCUT2D eigenvalue weighted by Gasteiger charge is 2.10. The molecule has 2 heterocycles. The first-order valence-electron chi connectivity index (χ1n) is 6.54. The molecule has 0 fully saturated rings. The third-order valence-electron chi connectivity index (χ3n) is 3.24. The Kier molecular flexibility index (Phi) is 3.63. The summed E-state index contributed by atoms with van der Waals surface area (Å²) in [4.78, 5) is 7.56. The molecule has 3 aromatic rings. The Morgan fingerprint density at radius 2 is 2.25 bits per heavy atom. The quantitative estimate of drug-likeness (QED) is 0.756. The summed E-state index contributed by atoms with van der Waals surface area (Å²) in [5.74, 6) is 1.87. The number of imidazole rings is 1. The number of hydrogen-bond acceptors (Lipinski definition) is 3. The van der Waals surface area contributed by atoms with Crippen LogP contribution < -0.4 is 5.32 Å². The number of hydrogen-bond donors (Lipinski definition) is 2. The molecule has 0 saturated heterocycles. The van der Waals surface area contributed by atoms with E-state index in [2.05, 4.69) is 50.3 Å². The predicted octanol–water partition coefficient (Wildman–Crippen LogP) is 4.08. The van der Waals surface area contributed by atoms with Crippen LogP contribution in [0.15, 0.2) is 39.4 Å². The van der Waals surface area contributed by atoms with Crippen LogP contribution in [0, 0.1) is 6.92 Å². The van der Waals surface area contributed by atoms with E-state index in [0.29, 0.717) is 6.54 Å². The third-order valence-corrected chi connectivity index (χ3v) is 3.74. The normalized spacial score (nSPS) is 12.9. The molecule has 104 valence electrons. The lowest BCUT2D eigenvalue weighted by Crippen LogP contribution is -2.18. The number of furan rings is 1. The van der Waals surface area contributed by atoms with Gasteiger partial charge in [0.25, 0.3) is 0 Å². The Bertz CT molecular complexity index is 732. The zero-order chi connectivity index (χ0) is 14.1. The van der Waals surface area contributed by atoms with Gasteiger partial charge >= 0.3 is 0 Å². The van der Waals surface area contributed by atoms with Gasteiger partial charge in [0.2, 0.25) is 0 Å². The Balaban J connectivity index is 1.70. The average Bonchev–Trinajstić information content (AvgIpc) is 3.01. The van der Waals surface area contributed by atoms with Crippen LogP contribution in [0.1, 0.15) is 30.2 Å². The zero-order valence-corrected chi connectivity index (χ0v) is 13.0. The van der Waals surface area contributed by atoms with Crippen LogP contribution in [-0.2, 0) is 6.54 Å². The van der Waals surface area contributed by atoms with E-state index in [-0.39, 0.29) is 6.04 Å². The van der Waals surface area contributed by atoms with Gasteiger partial charge in [-0.05, 0) is 38.1 Å². The van der Waals surface area contributed by atoms with Crippen molar-refractivity contribution in [2.45, 2.75) is 26.4 Å². The molecule has 2 aromatic heterocycles. The van der Waals surface area contributed by atoms with E-state index in [1.165, 1.54) is 0 Å². The number of rotatable bonds is 4. The molecule has 0 amide bonds. The maximum absolute atomic E-state index is 5.80. The second kappa shape index (κ2) is 5.42. The van der Waals surface area contributed by atoms with Crippen LogP contribution in [0.2, 0.25) is 0 Å². The summed E-state index contributed by atoms with van der Waals surface area (Å²) >= 11 is 3.47. The van der Waals surface area contributed by atoms with Gasteiger partial charge in [0, 0.05) is 21.7 Å². The second-order valence-electron chi connectivity index (χ2n) is 4.95. The number of aromatic amines is 1. The molecule has 1 aromatic carbocycles. The molecular formula is C15H16BrN3O. The average molecular weight is 334 g/mol. The van der Waals surface area contributed by atoms with Crippen LogP contribution in [0.4, 0.5) is 0 Å². The van der Waals surface area contributed by atoms with Crippen molar-refractivity contribution in [1.82, 2.24) is 15.3 Å². The standard InChI is InChI=1S/C15H16BrN3O/c1-9-7-18-15(19-9)10(2)17-8-13-6-11-5-12(16)3-4-14(11)20-13/h3-7,10,17H,8H2,1-2H3,(H,18,19). The first-order chi connectivity index (χ1) is 9.61. The van der Waals surface area contributed by atoms with E-state index in [1.54, 1.807) is 0 Å². The summed E-state index contributed by atoms with van der Waals surface area (Å²) < 4.78 is 6.86. The summed E-state index contributed by atoms with van der Waals surface area (Å²) in [5, 5.41) is 4.51. The number of nitrogens with one attached hydrogen (secondary N) is 2. The highest BCUT2D eigenvalue weighted by Crippen LogP contribution is 2.23. The van der Waals surface area contributed by atoms with E-state index in [1.807, 2.05) is 25.3 Å². The number of halogens is 1. The molecule has 0 aliphatic heterocycles. The molecule has 1 unspecified atom stereocenters. The van der Waals surface area contributed by atoms with Crippen molar-refractivity contribution in [3.05, 3.63) is 52.2 Å². The number of H-pyrrole nitrogens is 1. The molecule has 4 nitrogen and oxygen atoms in total. The molecule has 0 aliphatic carbocycles. The smallest absolute Gasteiger partial charge is 0.134 e. The lowest BCUT2D eigenvalue weighted by molar-refractivity contribution is 0.474. The fourth-order valence-corrected chi connectivity index (χ4v) is 2.54. The molecule has 5 heteroatoms. The second-order valence-corrected chi connectivity index (χ2v) is 5.86. The molecule has 20 heavy (non-hydrogen) atoms. The van der Waals surface area contributed by atoms with E-state index in [9.17, 15) is 0 Å². The number of aromatic nitrogens is 2. The van der Waals surface area contributed by atoms with Crippen molar-refractivity contribution in [2.75, 3.05) is 0 Å². The van der Waals surface area contributed by atoms with E-state index < -0.39 is 0 Å². The fourth-order valence-electron chi connectivity index (χ4n) is 2.16. The first-order valence-corrected chi connectivity index (χ1v) is 7.34. The van der Waals surface area contributed by atoms with Crippen LogP contribution in [0.5, 0.6) is 0 Å². The Morgan fingerprint density at radius 3 is 3.00 bits per heavy atom. The molecule has 1 atom stereocenters. The van der Waals surface area contributed by atoms with E-state index in [4.69, 9.17) is 4.42 Å². The van der Waals surface area contributed by atoms with Crippen molar-refractivity contribution >= 4 is 26.9 Å². The third kappa shape index (κ3) is 2.78. The summed E-state index contributed by atoms with van der Waals surface area (Å²) in [6.07, 6.45) is 1.84. The topological polar surface area (TPSA) is 53.9 Å². The summed E-state index contributed by atoms with van der Waals surface area (Å²) in [7, 11) is 0. The monoisotopic (exact) mass is 333 g/mol. The van der Waals surface area contributed by atoms with Gasteiger partial charge in [-0.3, -0.25) is 0 Å². The van der Waals surface area contributed by atoms with Crippen LogP contribution >= 0.6 is 15.9 Å². The molecule has 0 bridgehead atoms. The predicted molar refractivity (Wildman–Crippen MR) is 82.5 cm³/mol. The van der Waals surface area contributed by atoms with Crippen molar-refractivity contribution in [2.24, 2.45) is 0 Å². The van der Waals surface area contributed by atoms with Crippen LogP contribution in [0.25, 0.3) is 11.0 Å². The van der Waals surface area contributed by atoms with Crippen LogP contribution in [0.3, 0.4) is 0 Å². The molecular weight excluding hydrogens is 318 g/mol. The maximum atomic E-state index is 5.80. The van der Waals surface area contributed by atoms with Gasteiger partial charge < -0.3 is 14.7 Å². The minimum atomic E-state index is 0.156. The minimum absolute atomic E-state index is 0.156. The number of aryl methyl sites for hydroxylation is 1. The number of nitrogens with zero attached hydrogens (tertiary/aromatic N) is 1. The number of benzene rings is 1. The summed E-state index contributed by atoms with van der Waals surface area (Å²) in [5.41, 5.74) is 1.98. The Morgan fingerprint density at radius 1 is 1.40 bits per heavy atom. The Labute approximate surface area is 125 Å². The number of fused-ring (bicyclic) bond motifs is 1. The van der Waals surface area contributed by atoms with Gasteiger partial charge in [0.05, 0.1) is 12.6 Å². The van der Waals surface area contributed by atoms with Gasteiger partial charge in [0.15, 0.2) is 0 Å². The van der Waals surface area contributed by atoms with E-state index >= 15 is 0 Å². The maximum Gasteiger partial charge on any atom is 0.134 e. The largest absolute Gasteiger partial charge is 0.460 e. The van der Waals surface area contributed by atoms with Gasteiger partial charge in [0.1, 0.15) is 17.2 Å². The fraction of sp³-hybridized carbons (Fsp3) is 0.267. The van der Waals surface area contributed by atoms with Gasteiger partial charge in [-0.15, -0.1) is 0 Å². The minimum Gasteiger partial charge on any atom is -0.460 e. The molecule has 0 radical (unpaired) electrons. The summed E-state index contributed by atoms with van der Waals surface area (Å²) in [6, 6.07) is 8.23. The SMILES string of the molecule is Cc1cnc(C(C)NCc2cc3cc(Br)ccc3o2)[nH]1. The van der Waals surface area contributed by atoms with Gasteiger partial charge in [-0.2, -0.15) is 0 Å². The molecule has 0 aliphatic rings. The van der Waals surface area contributed by atoms with Crippen molar-refractivity contribution in [1.29, 1.82) is 0 Å². The van der Waals surface area contributed by atoms with Crippen molar-refractivity contribution in [3.8, 4) is 0 Å². The highest BCUT2D eigenvalue weighted by molar-refractivity contribution is 9.10. The highest BCUT2D eigenvalue weighted by atomic mass is 79.9. The first kappa shape index (κ1) is 13.4. The Hall–Kier alpha value is -1.59. The van der Waals surface area contributed by atoms with Gasteiger partial charge in [-0.25, -0.2) is 4.98 Å². The zero-order valence-electron chi connectivity index (χ0n) is 11.4. The molecule has 0 saturated carbocycles.